The van der Waals surface area contributed by atoms with Crippen LogP contribution in [0.3, 0.4) is 0 Å². The number of benzene rings is 1. The number of guanidine groups is 1. The van der Waals surface area contributed by atoms with Crippen molar-refractivity contribution in [1.82, 2.24) is 10.2 Å². The quantitative estimate of drug-likeness (QED) is 0.505. The maximum absolute atomic E-state index is 13.7. The van der Waals surface area contributed by atoms with E-state index >= 15 is 0 Å². The summed E-state index contributed by atoms with van der Waals surface area (Å²) in [7, 11) is 0. The van der Waals surface area contributed by atoms with Crippen molar-refractivity contribution >= 4 is 11.9 Å². The van der Waals surface area contributed by atoms with Gasteiger partial charge in [0.2, 0.25) is 0 Å². The first-order chi connectivity index (χ1) is 12.0. The van der Waals surface area contributed by atoms with E-state index in [1.807, 2.05) is 19.9 Å². The number of hydrogen-bond donors (Lipinski definition) is 1. The van der Waals surface area contributed by atoms with Crippen LogP contribution in [-0.4, -0.2) is 43.1 Å². The van der Waals surface area contributed by atoms with Crippen LogP contribution in [0.1, 0.15) is 37.8 Å². The summed E-state index contributed by atoms with van der Waals surface area (Å²) in [6.07, 6.45) is 1.53. The van der Waals surface area contributed by atoms with Gasteiger partial charge in [-0.15, -0.1) is 0 Å². The first-order valence-electron chi connectivity index (χ1n) is 9.00. The first-order valence-corrected chi connectivity index (χ1v) is 9.00. The van der Waals surface area contributed by atoms with Gasteiger partial charge in [-0.3, -0.25) is 4.79 Å². The average molecular weight is 349 g/mol. The summed E-state index contributed by atoms with van der Waals surface area (Å²) in [6.45, 7) is 8.74. The van der Waals surface area contributed by atoms with Gasteiger partial charge < -0.3 is 15.0 Å². The Balaban J connectivity index is 1.98. The maximum Gasteiger partial charge on any atom is 0.309 e. The Morgan fingerprint density at radius 1 is 1.36 bits per heavy atom. The van der Waals surface area contributed by atoms with Gasteiger partial charge >= 0.3 is 5.97 Å². The topological polar surface area (TPSA) is 53.9 Å². The number of esters is 1. The highest BCUT2D eigenvalue weighted by molar-refractivity contribution is 5.80. The molecule has 1 heterocycles. The van der Waals surface area contributed by atoms with E-state index in [4.69, 9.17) is 4.74 Å². The molecule has 0 saturated carbocycles. The van der Waals surface area contributed by atoms with Gasteiger partial charge in [0, 0.05) is 19.6 Å². The highest BCUT2D eigenvalue weighted by atomic mass is 19.1. The number of ether oxygens (including phenoxy) is 1. The SMILES string of the molecule is CCNC(=NCc1ccc(C)c(F)c1)N1CCC(C(=O)OCC)CC1. The molecule has 0 unspecified atom stereocenters. The number of piperidine rings is 1. The van der Waals surface area contributed by atoms with E-state index in [1.54, 1.807) is 13.0 Å². The summed E-state index contributed by atoms with van der Waals surface area (Å²) in [5, 5.41) is 3.28. The number of carbonyl (C=O) groups is 1. The zero-order chi connectivity index (χ0) is 18.2. The number of halogens is 1. The van der Waals surface area contributed by atoms with Crippen molar-refractivity contribution < 1.29 is 13.9 Å². The predicted molar refractivity (Wildman–Crippen MR) is 96.9 cm³/mol. The predicted octanol–water partition coefficient (Wildman–Crippen LogP) is 2.87. The highest BCUT2D eigenvalue weighted by Crippen LogP contribution is 2.19. The third-order valence-electron chi connectivity index (χ3n) is 4.40. The molecule has 1 N–H and O–H groups in total. The molecule has 25 heavy (non-hydrogen) atoms. The normalized spacial score (nSPS) is 16.0. The highest BCUT2D eigenvalue weighted by Gasteiger charge is 2.27. The molecule has 0 aliphatic carbocycles. The molecule has 0 amide bonds. The Labute approximate surface area is 149 Å². The molecule has 5 nitrogen and oxygen atoms in total. The second kappa shape index (κ2) is 9.39. The number of rotatable bonds is 5. The van der Waals surface area contributed by atoms with E-state index in [-0.39, 0.29) is 17.7 Å². The summed E-state index contributed by atoms with van der Waals surface area (Å²) >= 11 is 0. The molecule has 1 aliphatic rings. The van der Waals surface area contributed by atoms with Crippen LogP contribution in [0, 0.1) is 18.7 Å². The van der Waals surface area contributed by atoms with Gasteiger partial charge in [0.15, 0.2) is 5.96 Å². The Bertz CT molecular complexity index is 611. The van der Waals surface area contributed by atoms with Gasteiger partial charge in [-0.05, 0) is 50.8 Å². The van der Waals surface area contributed by atoms with Gasteiger partial charge in [-0.2, -0.15) is 0 Å². The third kappa shape index (κ3) is 5.44. The molecule has 1 aromatic rings. The van der Waals surface area contributed by atoms with E-state index in [0.29, 0.717) is 18.7 Å². The molecule has 1 saturated heterocycles. The molecule has 2 rings (SSSR count). The fourth-order valence-corrected chi connectivity index (χ4v) is 2.91. The molecule has 0 bridgehead atoms. The van der Waals surface area contributed by atoms with E-state index in [9.17, 15) is 9.18 Å². The van der Waals surface area contributed by atoms with Crippen molar-refractivity contribution in [3.63, 3.8) is 0 Å². The maximum atomic E-state index is 13.7. The second-order valence-electron chi connectivity index (χ2n) is 6.27. The molecular weight excluding hydrogens is 321 g/mol. The van der Waals surface area contributed by atoms with E-state index in [1.165, 1.54) is 6.07 Å². The van der Waals surface area contributed by atoms with Crippen LogP contribution in [0.4, 0.5) is 4.39 Å². The van der Waals surface area contributed by atoms with Crippen LogP contribution in [0.15, 0.2) is 23.2 Å². The fraction of sp³-hybridized carbons (Fsp3) is 0.579. The lowest BCUT2D eigenvalue weighted by atomic mass is 9.97. The molecule has 1 aromatic carbocycles. The zero-order valence-electron chi connectivity index (χ0n) is 15.3. The van der Waals surface area contributed by atoms with E-state index in [0.717, 1.165) is 44.0 Å². The molecule has 138 valence electrons. The van der Waals surface area contributed by atoms with Gasteiger partial charge in [-0.1, -0.05) is 12.1 Å². The van der Waals surface area contributed by atoms with Gasteiger partial charge in [0.1, 0.15) is 5.82 Å². The first kappa shape index (κ1) is 19.2. The minimum absolute atomic E-state index is 0.0229. The van der Waals surface area contributed by atoms with Crippen molar-refractivity contribution in [3.8, 4) is 0 Å². The minimum atomic E-state index is -0.201. The number of hydrogen-bond acceptors (Lipinski definition) is 3. The average Bonchev–Trinajstić information content (AvgIpc) is 2.62. The molecule has 0 radical (unpaired) electrons. The summed E-state index contributed by atoms with van der Waals surface area (Å²) in [5.41, 5.74) is 1.49. The molecule has 0 atom stereocenters. The zero-order valence-corrected chi connectivity index (χ0v) is 15.3. The van der Waals surface area contributed by atoms with Crippen LogP contribution in [-0.2, 0) is 16.1 Å². The third-order valence-corrected chi connectivity index (χ3v) is 4.40. The van der Waals surface area contributed by atoms with Crippen molar-refractivity contribution in [2.75, 3.05) is 26.2 Å². The lowest BCUT2D eigenvalue weighted by Crippen LogP contribution is -2.46. The fourth-order valence-electron chi connectivity index (χ4n) is 2.91. The summed E-state index contributed by atoms with van der Waals surface area (Å²) < 4.78 is 18.8. The van der Waals surface area contributed by atoms with E-state index in [2.05, 4.69) is 15.2 Å². The largest absolute Gasteiger partial charge is 0.466 e. The Morgan fingerprint density at radius 2 is 2.08 bits per heavy atom. The monoisotopic (exact) mass is 349 g/mol. The lowest BCUT2D eigenvalue weighted by molar-refractivity contribution is -0.149. The van der Waals surface area contributed by atoms with Crippen molar-refractivity contribution in [2.24, 2.45) is 10.9 Å². The molecule has 0 aromatic heterocycles. The number of nitrogens with zero attached hydrogens (tertiary/aromatic N) is 2. The molecular formula is C19H28FN3O2. The molecule has 1 fully saturated rings. The van der Waals surface area contributed by atoms with Crippen molar-refractivity contribution in [3.05, 3.63) is 35.1 Å². The Kier molecular flexibility index (Phi) is 7.22. The number of aryl methyl sites for hydroxylation is 1. The number of likely N-dealkylation sites (tertiary alicyclic amines) is 1. The molecule has 0 spiro atoms. The van der Waals surface area contributed by atoms with E-state index < -0.39 is 0 Å². The second-order valence-corrected chi connectivity index (χ2v) is 6.27. The molecule has 6 heteroatoms. The Morgan fingerprint density at radius 3 is 2.68 bits per heavy atom. The molecule has 1 aliphatic heterocycles. The summed E-state index contributed by atoms with van der Waals surface area (Å²) in [5.74, 6) is 0.489. The van der Waals surface area contributed by atoms with Crippen molar-refractivity contribution in [2.45, 2.75) is 40.2 Å². The summed E-state index contributed by atoms with van der Waals surface area (Å²) in [6, 6.07) is 5.21. The van der Waals surface area contributed by atoms with Crippen LogP contribution < -0.4 is 5.32 Å². The summed E-state index contributed by atoms with van der Waals surface area (Å²) in [4.78, 5) is 18.6. The van der Waals surface area contributed by atoms with Gasteiger partial charge in [0.05, 0.1) is 19.1 Å². The standard InChI is InChI=1S/C19H28FN3O2/c1-4-21-19(22-13-15-7-6-14(3)17(20)12-15)23-10-8-16(9-11-23)18(24)25-5-2/h6-7,12,16H,4-5,8-11,13H2,1-3H3,(H,21,22). The van der Waals surface area contributed by atoms with Crippen LogP contribution in [0.5, 0.6) is 0 Å². The number of aliphatic imine (C=N–C) groups is 1. The number of carbonyl (C=O) groups excluding carboxylic acids is 1. The van der Waals surface area contributed by atoms with Crippen LogP contribution in [0.25, 0.3) is 0 Å². The van der Waals surface area contributed by atoms with Crippen LogP contribution in [0.2, 0.25) is 0 Å². The van der Waals surface area contributed by atoms with Gasteiger partial charge in [0.25, 0.3) is 0 Å². The smallest absolute Gasteiger partial charge is 0.309 e. The van der Waals surface area contributed by atoms with Crippen LogP contribution >= 0.6 is 0 Å². The minimum Gasteiger partial charge on any atom is -0.466 e. The van der Waals surface area contributed by atoms with Gasteiger partial charge in [-0.25, -0.2) is 9.38 Å². The van der Waals surface area contributed by atoms with Crippen molar-refractivity contribution in [1.29, 1.82) is 0 Å². The number of nitrogens with one attached hydrogen (secondary N) is 1. The lowest BCUT2D eigenvalue weighted by Gasteiger charge is -2.33. The Hall–Kier alpha value is -2.11.